The molecule has 2 N–H and O–H groups in total. The number of benzene rings is 1. The SMILES string of the molecule is CN=C(NCCOc1ccccc1C)NCC1(CCOC)CCC1.I. The molecule has 0 heterocycles. The Balaban J connectivity index is 0.00000312. The molecule has 6 heteroatoms. The van der Waals surface area contributed by atoms with E-state index in [4.69, 9.17) is 9.47 Å². The Morgan fingerprint density at radius 2 is 1.96 bits per heavy atom. The molecule has 2 rings (SSSR count). The minimum absolute atomic E-state index is 0. The third-order valence-corrected chi connectivity index (χ3v) is 4.85. The molecule has 0 aromatic heterocycles. The van der Waals surface area contributed by atoms with Gasteiger partial charge in [-0.2, -0.15) is 0 Å². The normalized spacial score (nSPS) is 15.7. The van der Waals surface area contributed by atoms with E-state index in [9.17, 15) is 0 Å². The van der Waals surface area contributed by atoms with Crippen molar-refractivity contribution in [3.63, 3.8) is 0 Å². The molecule has 0 aliphatic heterocycles. The second kappa shape index (κ2) is 11.6. The number of hydrogen-bond acceptors (Lipinski definition) is 3. The van der Waals surface area contributed by atoms with Crippen LogP contribution in [0.2, 0.25) is 0 Å². The molecule has 0 amide bonds. The number of methoxy groups -OCH3 is 1. The Bertz CT molecular complexity index is 533. The van der Waals surface area contributed by atoms with Crippen LogP contribution in [0, 0.1) is 12.3 Å². The van der Waals surface area contributed by atoms with E-state index in [0.29, 0.717) is 12.0 Å². The summed E-state index contributed by atoms with van der Waals surface area (Å²) >= 11 is 0. The minimum atomic E-state index is 0. The summed E-state index contributed by atoms with van der Waals surface area (Å²) in [6.07, 6.45) is 4.99. The lowest BCUT2D eigenvalue weighted by Crippen LogP contribution is -2.47. The molecule has 1 aliphatic rings. The molecule has 1 saturated carbocycles. The second-order valence-electron chi connectivity index (χ2n) is 6.56. The van der Waals surface area contributed by atoms with Gasteiger partial charge in [0.25, 0.3) is 0 Å². The molecule has 0 spiro atoms. The number of nitrogens with zero attached hydrogens (tertiary/aromatic N) is 1. The van der Waals surface area contributed by atoms with Gasteiger partial charge in [0.1, 0.15) is 12.4 Å². The van der Waals surface area contributed by atoms with Crippen LogP contribution in [0.25, 0.3) is 0 Å². The third kappa shape index (κ3) is 7.01. The molecule has 142 valence electrons. The summed E-state index contributed by atoms with van der Waals surface area (Å²) in [4.78, 5) is 4.30. The number of ether oxygens (including phenoxy) is 2. The predicted molar refractivity (Wildman–Crippen MR) is 114 cm³/mol. The Labute approximate surface area is 169 Å². The van der Waals surface area contributed by atoms with Crippen LogP contribution < -0.4 is 15.4 Å². The van der Waals surface area contributed by atoms with E-state index in [1.165, 1.54) is 19.3 Å². The van der Waals surface area contributed by atoms with Gasteiger partial charge in [0.05, 0.1) is 6.54 Å². The number of guanidine groups is 1. The predicted octanol–water partition coefficient (Wildman–Crippen LogP) is 3.36. The van der Waals surface area contributed by atoms with Gasteiger partial charge in [-0.1, -0.05) is 24.6 Å². The number of nitrogens with one attached hydrogen (secondary N) is 2. The lowest BCUT2D eigenvalue weighted by Gasteiger charge is -2.42. The average Bonchev–Trinajstić information content (AvgIpc) is 2.56. The van der Waals surface area contributed by atoms with Gasteiger partial charge in [-0.25, -0.2) is 0 Å². The molecule has 0 bridgehead atoms. The van der Waals surface area contributed by atoms with Crippen molar-refractivity contribution >= 4 is 29.9 Å². The lowest BCUT2D eigenvalue weighted by molar-refractivity contribution is 0.0732. The first-order valence-corrected chi connectivity index (χ1v) is 8.81. The fraction of sp³-hybridized carbons (Fsp3) is 0.632. The summed E-state index contributed by atoms with van der Waals surface area (Å²) in [6.45, 7) is 5.17. The fourth-order valence-electron chi connectivity index (χ4n) is 3.05. The van der Waals surface area contributed by atoms with Crippen LogP contribution in [-0.2, 0) is 4.74 Å². The largest absolute Gasteiger partial charge is 0.491 e. The van der Waals surface area contributed by atoms with Crippen molar-refractivity contribution in [1.29, 1.82) is 0 Å². The highest BCUT2D eigenvalue weighted by Gasteiger charge is 2.36. The zero-order valence-corrected chi connectivity index (χ0v) is 18.0. The highest BCUT2D eigenvalue weighted by Crippen LogP contribution is 2.43. The second-order valence-corrected chi connectivity index (χ2v) is 6.56. The standard InChI is InChI=1S/C19H31N3O2.HI/c1-16-7-4-5-8-17(16)24-14-12-21-18(20-2)22-15-19(9-6-10-19)11-13-23-3;/h4-5,7-8H,6,9-15H2,1-3H3,(H2,20,21,22);1H. The molecule has 1 fully saturated rings. The third-order valence-electron chi connectivity index (χ3n) is 4.85. The van der Waals surface area contributed by atoms with Crippen LogP contribution >= 0.6 is 24.0 Å². The van der Waals surface area contributed by atoms with Crippen molar-refractivity contribution in [3.8, 4) is 5.75 Å². The maximum Gasteiger partial charge on any atom is 0.191 e. The summed E-state index contributed by atoms with van der Waals surface area (Å²) in [7, 11) is 3.58. The van der Waals surface area contributed by atoms with Gasteiger partial charge in [0.15, 0.2) is 5.96 Å². The topological polar surface area (TPSA) is 54.9 Å². The minimum Gasteiger partial charge on any atom is -0.491 e. The Kier molecular flexibility index (Phi) is 10.2. The first-order chi connectivity index (χ1) is 11.7. The van der Waals surface area contributed by atoms with E-state index in [1.54, 1.807) is 14.2 Å². The molecule has 0 radical (unpaired) electrons. The van der Waals surface area contributed by atoms with Crippen LogP contribution in [0.4, 0.5) is 0 Å². The number of para-hydroxylation sites is 1. The number of halogens is 1. The van der Waals surface area contributed by atoms with Gasteiger partial charge in [-0.15, -0.1) is 24.0 Å². The molecule has 1 aliphatic carbocycles. The zero-order valence-electron chi connectivity index (χ0n) is 15.6. The van der Waals surface area contributed by atoms with Crippen LogP contribution in [-0.4, -0.2) is 46.4 Å². The van der Waals surface area contributed by atoms with Gasteiger partial charge in [-0.3, -0.25) is 4.99 Å². The first-order valence-electron chi connectivity index (χ1n) is 8.81. The van der Waals surface area contributed by atoms with Gasteiger partial charge in [0.2, 0.25) is 0 Å². The van der Waals surface area contributed by atoms with Crippen LogP contribution in [0.15, 0.2) is 29.3 Å². The highest BCUT2D eigenvalue weighted by molar-refractivity contribution is 14.0. The molecule has 1 aromatic rings. The van der Waals surface area contributed by atoms with Crippen LogP contribution in [0.3, 0.4) is 0 Å². The summed E-state index contributed by atoms with van der Waals surface area (Å²) in [6, 6.07) is 8.07. The number of aryl methyl sites for hydroxylation is 1. The van der Waals surface area contributed by atoms with Crippen molar-refractivity contribution in [2.45, 2.75) is 32.6 Å². The molecule has 25 heavy (non-hydrogen) atoms. The van der Waals surface area contributed by atoms with Crippen molar-refractivity contribution in [3.05, 3.63) is 29.8 Å². The van der Waals surface area contributed by atoms with Gasteiger partial charge >= 0.3 is 0 Å². The van der Waals surface area contributed by atoms with Crippen LogP contribution in [0.5, 0.6) is 5.75 Å². The first kappa shape index (κ1) is 22.0. The van der Waals surface area contributed by atoms with E-state index in [1.807, 2.05) is 18.2 Å². The molecule has 0 saturated heterocycles. The Morgan fingerprint density at radius 1 is 1.20 bits per heavy atom. The number of aliphatic imine (C=N–C) groups is 1. The number of rotatable bonds is 9. The maximum atomic E-state index is 5.80. The lowest BCUT2D eigenvalue weighted by atomic mass is 9.67. The molecule has 5 nitrogen and oxygen atoms in total. The summed E-state index contributed by atoms with van der Waals surface area (Å²) in [5.74, 6) is 1.78. The van der Waals surface area contributed by atoms with E-state index < -0.39 is 0 Å². The van der Waals surface area contributed by atoms with Crippen LogP contribution in [0.1, 0.15) is 31.2 Å². The fourth-order valence-corrected chi connectivity index (χ4v) is 3.05. The molecular formula is C19H32IN3O2. The zero-order chi connectivity index (χ0) is 17.3. The average molecular weight is 461 g/mol. The van der Waals surface area contributed by atoms with Gasteiger partial charge < -0.3 is 20.1 Å². The van der Waals surface area contributed by atoms with E-state index in [-0.39, 0.29) is 24.0 Å². The van der Waals surface area contributed by atoms with Crippen molar-refractivity contribution < 1.29 is 9.47 Å². The summed E-state index contributed by atoms with van der Waals surface area (Å²) < 4.78 is 11.0. The van der Waals surface area contributed by atoms with E-state index in [0.717, 1.165) is 43.4 Å². The molecule has 0 unspecified atom stereocenters. The maximum absolute atomic E-state index is 5.80. The monoisotopic (exact) mass is 461 g/mol. The van der Waals surface area contributed by atoms with Gasteiger partial charge in [-0.05, 0) is 43.2 Å². The number of hydrogen-bond donors (Lipinski definition) is 2. The molecular weight excluding hydrogens is 429 g/mol. The van der Waals surface area contributed by atoms with E-state index in [2.05, 4.69) is 28.6 Å². The van der Waals surface area contributed by atoms with Gasteiger partial charge in [0, 0.05) is 27.3 Å². The van der Waals surface area contributed by atoms with Crippen molar-refractivity contribution in [2.75, 3.05) is 40.5 Å². The molecule has 0 atom stereocenters. The smallest absolute Gasteiger partial charge is 0.191 e. The Morgan fingerprint density at radius 3 is 2.56 bits per heavy atom. The van der Waals surface area contributed by atoms with E-state index >= 15 is 0 Å². The Hall–Kier alpha value is -1.02. The molecule has 1 aromatic carbocycles. The summed E-state index contributed by atoms with van der Waals surface area (Å²) in [5, 5.41) is 6.78. The quantitative estimate of drug-likeness (QED) is 0.256. The van der Waals surface area contributed by atoms with Crippen molar-refractivity contribution in [2.24, 2.45) is 10.4 Å². The van der Waals surface area contributed by atoms with Crippen molar-refractivity contribution in [1.82, 2.24) is 10.6 Å². The summed E-state index contributed by atoms with van der Waals surface area (Å²) in [5.41, 5.74) is 1.54. The highest BCUT2D eigenvalue weighted by atomic mass is 127.